The molecule has 0 aliphatic rings. The molecule has 0 aromatic rings. The molecule has 0 saturated carbocycles. The summed E-state index contributed by atoms with van der Waals surface area (Å²) in [5.41, 5.74) is 0. The lowest BCUT2D eigenvalue weighted by Crippen LogP contribution is -2.32. The van der Waals surface area contributed by atoms with E-state index in [1.807, 2.05) is 12.1 Å². The SMILES string of the molecule is CS(=O)(=O)N(CCCCC#N)CCCCC#N. The van der Waals surface area contributed by atoms with Gasteiger partial charge in [0, 0.05) is 25.9 Å². The Hall–Kier alpha value is -1.11. The molecule has 0 heterocycles. The van der Waals surface area contributed by atoms with E-state index in [2.05, 4.69) is 0 Å². The summed E-state index contributed by atoms with van der Waals surface area (Å²) in [7, 11) is -3.17. The third-order valence-electron chi connectivity index (χ3n) is 2.36. The van der Waals surface area contributed by atoms with Crippen LogP contribution in [0, 0.1) is 22.7 Å². The molecule has 0 saturated heterocycles. The Balaban J connectivity index is 4.00. The Morgan fingerprint density at radius 2 is 1.35 bits per heavy atom. The lowest BCUT2D eigenvalue weighted by Gasteiger charge is -2.19. The van der Waals surface area contributed by atoms with Gasteiger partial charge in [-0.05, 0) is 25.7 Å². The second-order valence-corrected chi connectivity index (χ2v) is 5.87. The van der Waals surface area contributed by atoms with E-state index < -0.39 is 10.0 Å². The molecule has 6 heteroatoms. The van der Waals surface area contributed by atoms with Gasteiger partial charge in [0.2, 0.25) is 10.0 Å². The minimum Gasteiger partial charge on any atom is -0.213 e. The third kappa shape index (κ3) is 8.67. The van der Waals surface area contributed by atoms with Crippen molar-refractivity contribution in [1.82, 2.24) is 4.31 Å². The number of rotatable bonds is 9. The lowest BCUT2D eigenvalue weighted by molar-refractivity contribution is 0.395. The van der Waals surface area contributed by atoms with Crippen LogP contribution in [0.5, 0.6) is 0 Å². The van der Waals surface area contributed by atoms with Gasteiger partial charge in [0.15, 0.2) is 0 Å². The highest BCUT2D eigenvalue weighted by atomic mass is 32.2. The first-order chi connectivity index (χ1) is 8.02. The number of nitriles is 2. The summed E-state index contributed by atoms with van der Waals surface area (Å²) >= 11 is 0. The van der Waals surface area contributed by atoms with Crippen molar-refractivity contribution in [2.75, 3.05) is 19.3 Å². The molecular weight excluding hydrogens is 238 g/mol. The summed E-state index contributed by atoms with van der Waals surface area (Å²) in [6.45, 7) is 0.931. The highest BCUT2D eigenvalue weighted by molar-refractivity contribution is 7.88. The van der Waals surface area contributed by atoms with Crippen molar-refractivity contribution in [1.29, 1.82) is 10.5 Å². The Morgan fingerprint density at radius 3 is 1.65 bits per heavy atom. The van der Waals surface area contributed by atoms with Crippen molar-refractivity contribution in [3.05, 3.63) is 0 Å². The topological polar surface area (TPSA) is 85.0 Å². The molecular formula is C11H19N3O2S. The average molecular weight is 257 g/mol. The molecule has 96 valence electrons. The molecule has 0 fully saturated rings. The van der Waals surface area contributed by atoms with Gasteiger partial charge < -0.3 is 0 Å². The summed E-state index contributed by atoms with van der Waals surface area (Å²) in [6.07, 6.45) is 4.98. The Bertz CT molecular complexity index is 357. The van der Waals surface area contributed by atoms with Crippen molar-refractivity contribution in [2.45, 2.75) is 38.5 Å². The molecule has 5 nitrogen and oxygen atoms in total. The molecule has 0 unspecified atom stereocenters. The zero-order valence-corrected chi connectivity index (χ0v) is 11.0. The van der Waals surface area contributed by atoms with E-state index in [0.717, 1.165) is 12.8 Å². The van der Waals surface area contributed by atoms with E-state index in [4.69, 9.17) is 10.5 Å². The minimum absolute atomic E-state index is 0.464. The molecule has 0 spiro atoms. The molecule has 0 aromatic carbocycles. The van der Waals surface area contributed by atoms with E-state index in [1.54, 1.807) is 0 Å². The van der Waals surface area contributed by atoms with E-state index in [1.165, 1.54) is 10.6 Å². The molecule has 0 aliphatic heterocycles. The average Bonchev–Trinajstić information content (AvgIpc) is 2.25. The van der Waals surface area contributed by atoms with E-state index in [9.17, 15) is 8.42 Å². The van der Waals surface area contributed by atoms with Crippen LogP contribution in [0.3, 0.4) is 0 Å². The maximum absolute atomic E-state index is 11.5. The molecule has 0 amide bonds. The molecule has 17 heavy (non-hydrogen) atoms. The monoisotopic (exact) mass is 257 g/mol. The van der Waals surface area contributed by atoms with Crippen LogP contribution in [0.1, 0.15) is 38.5 Å². The number of sulfonamides is 1. The second-order valence-electron chi connectivity index (χ2n) is 3.89. The van der Waals surface area contributed by atoms with Crippen LogP contribution in [0.25, 0.3) is 0 Å². The molecule has 0 aliphatic carbocycles. The highest BCUT2D eigenvalue weighted by Gasteiger charge is 2.14. The first-order valence-electron chi connectivity index (χ1n) is 5.71. The summed E-state index contributed by atoms with van der Waals surface area (Å²) in [4.78, 5) is 0. The normalized spacial score (nSPS) is 11.1. The van der Waals surface area contributed by atoms with Crippen LogP contribution in [0.2, 0.25) is 0 Å². The van der Waals surface area contributed by atoms with E-state index in [0.29, 0.717) is 38.8 Å². The van der Waals surface area contributed by atoms with Crippen LogP contribution in [0.4, 0.5) is 0 Å². The number of unbranched alkanes of at least 4 members (excludes halogenated alkanes) is 4. The first kappa shape index (κ1) is 15.9. The van der Waals surface area contributed by atoms with Gasteiger partial charge in [-0.15, -0.1) is 0 Å². The van der Waals surface area contributed by atoms with Gasteiger partial charge in [-0.1, -0.05) is 0 Å². The molecule has 0 radical (unpaired) electrons. The van der Waals surface area contributed by atoms with Crippen LogP contribution in [-0.2, 0) is 10.0 Å². The van der Waals surface area contributed by atoms with Crippen LogP contribution in [0.15, 0.2) is 0 Å². The van der Waals surface area contributed by atoms with Crippen molar-refractivity contribution in [3.63, 3.8) is 0 Å². The van der Waals surface area contributed by atoms with Crippen molar-refractivity contribution in [2.24, 2.45) is 0 Å². The molecule has 0 aromatic heterocycles. The van der Waals surface area contributed by atoms with Gasteiger partial charge in [-0.2, -0.15) is 10.5 Å². The quantitative estimate of drug-likeness (QED) is 0.588. The molecule has 0 rings (SSSR count). The van der Waals surface area contributed by atoms with Crippen molar-refractivity contribution in [3.8, 4) is 12.1 Å². The number of hydrogen-bond donors (Lipinski definition) is 0. The minimum atomic E-state index is -3.17. The number of hydrogen-bond acceptors (Lipinski definition) is 4. The van der Waals surface area contributed by atoms with Crippen LogP contribution < -0.4 is 0 Å². The molecule has 0 N–H and O–H groups in total. The maximum Gasteiger partial charge on any atom is 0.211 e. The van der Waals surface area contributed by atoms with Gasteiger partial charge in [0.05, 0.1) is 18.4 Å². The van der Waals surface area contributed by atoms with Crippen molar-refractivity contribution < 1.29 is 8.42 Å². The fourth-order valence-corrected chi connectivity index (χ4v) is 2.35. The first-order valence-corrected chi connectivity index (χ1v) is 7.56. The maximum atomic E-state index is 11.5. The second kappa shape index (κ2) is 8.98. The smallest absolute Gasteiger partial charge is 0.211 e. The summed E-state index contributed by atoms with van der Waals surface area (Å²) in [5, 5.41) is 16.8. The lowest BCUT2D eigenvalue weighted by atomic mass is 10.2. The highest BCUT2D eigenvalue weighted by Crippen LogP contribution is 2.06. The summed E-state index contributed by atoms with van der Waals surface area (Å²) in [5.74, 6) is 0. The largest absolute Gasteiger partial charge is 0.213 e. The summed E-state index contributed by atoms with van der Waals surface area (Å²) in [6, 6.07) is 4.07. The fourth-order valence-electron chi connectivity index (χ4n) is 1.43. The number of nitrogens with zero attached hydrogens (tertiary/aromatic N) is 3. The van der Waals surface area contributed by atoms with Gasteiger partial charge in [-0.25, -0.2) is 12.7 Å². The van der Waals surface area contributed by atoms with Gasteiger partial charge in [-0.3, -0.25) is 0 Å². The van der Waals surface area contributed by atoms with Gasteiger partial charge in [0.1, 0.15) is 0 Å². The predicted molar refractivity (Wildman–Crippen MR) is 65.3 cm³/mol. The predicted octanol–water partition coefficient (Wildman–Crippen LogP) is 1.64. The van der Waals surface area contributed by atoms with E-state index in [-0.39, 0.29) is 0 Å². The van der Waals surface area contributed by atoms with Gasteiger partial charge in [0.25, 0.3) is 0 Å². The summed E-state index contributed by atoms with van der Waals surface area (Å²) < 4.78 is 24.3. The Morgan fingerprint density at radius 1 is 0.941 bits per heavy atom. The van der Waals surface area contributed by atoms with Crippen LogP contribution >= 0.6 is 0 Å². The Kier molecular flexibility index (Phi) is 8.39. The zero-order chi connectivity index (χ0) is 13.1. The molecule has 0 atom stereocenters. The zero-order valence-electron chi connectivity index (χ0n) is 10.2. The van der Waals surface area contributed by atoms with Crippen LogP contribution in [-0.4, -0.2) is 32.1 Å². The Labute approximate surface area is 104 Å². The van der Waals surface area contributed by atoms with Crippen molar-refractivity contribution >= 4 is 10.0 Å². The van der Waals surface area contributed by atoms with E-state index >= 15 is 0 Å². The standard InChI is InChI=1S/C11H19N3O2S/c1-17(15,16)14(10-6-2-4-8-12)11-7-3-5-9-13/h2-7,10-11H2,1H3. The van der Waals surface area contributed by atoms with Gasteiger partial charge >= 0.3 is 0 Å². The third-order valence-corrected chi connectivity index (χ3v) is 3.66. The molecule has 0 bridgehead atoms. The fraction of sp³-hybridized carbons (Fsp3) is 0.818.